The molecule has 2 N–H and O–H groups in total. The van der Waals surface area contributed by atoms with Crippen LogP contribution < -0.4 is 5.32 Å². The predicted molar refractivity (Wildman–Crippen MR) is 60.0 cm³/mol. The highest BCUT2D eigenvalue weighted by molar-refractivity contribution is 5.94. The molecular weight excluding hydrogens is 301 g/mol. The van der Waals surface area contributed by atoms with Crippen molar-refractivity contribution < 1.29 is 36.6 Å². The fraction of sp³-hybridized carbons (Fsp3) is 0.333. The molecule has 0 aliphatic heterocycles. The lowest BCUT2D eigenvalue weighted by atomic mass is 10.1. The number of carboxylic acids is 1. The topological polar surface area (TPSA) is 66.4 Å². The number of nitrogens with one attached hydrogen (secondary N) is 1. The van der Waals surface area contributed by atoms with E-state index in [1.165, 1.54) is 6.92 Å². The highest BCUT2D eigenvalue weighted by atomic mass is 19.2. The average Bonchev–Trinajstić information content (AvgIpc) is 2.40. The van der Waals surface area contributed by atoms with Crippen molar-refractivity contribution in [3.05, 3.63) is 34.6 Å². The van der Waals surface area contributed by atoms with E-state index in [9.17, 15) is 31.5 Å². The summed E-state index contributed by atoms with van der Waals surface area (Å²) in [5, 5.41) is 10.4. The van der Waals surface area contributed by atoms with Gasteiger partial charge >= 0.3 is 5.97 Å². The van der Waals surface area contributed by atoms with Crippen molar-refractivity contribution >= 4 is 11.9 Å². The second-order valence-corrected chi connectivity index (χ2v) is 4.36. The van der Waals surface area contributed by atoms with E-state index in [2.05, 4.69) is 0 Å². The summed E-state index contributed by atoms with van der Waals surface area (Å²) in [6.45, 7) is 1.12. The highest BCUT2D eigenvalue weighted by Crippen LogP contribution is 2.22. The summed E-state index contributed by atoms with van der Waals surface area (Å²) in [6, 6.07) is 0. The summed E-state index contributed by atoms with van der Waals surface area (Å²) in [7, 11) is 0. The third-order valence-electron chi connectivity index (χ3n) is 2.57. The van der Waals surface area contributed by atoms with Crippen LogP contribution in [-0.4, -0.2) is 23.5 Å². The van der Waals surface area contributed by atoms with E-state index < -0.39 is 52.4 Å². The van der Waals surface area contributed by atoms with Crippen molar-refractivity contribution in [2.45, 2.75) is 13.3 Å². The second-order valence-electron chi connectivity index (χ2n) is 4.36. The Morgan fingerprint density at radius 1 is 1.00 bits per heavy atom. The molecule has 1 atom stereocenters. The summed E-state index contributed by atoms with van der Waals surface area (Å²) < 4.78 is 65.2. The first-order valence-electron chi connectivity index (χ1n) is 5.68. The van der Waals surface area contributed by atoms with Gasteiger partial charge in [-0.05, 0) is 5.92 Å². The Bertz CT molecular complexity index is 562. The van der Waals surface area contributed by atoms with Crippen molar-refractivity contribution in [1.82, 2.24) is 5.32 Å². The zero-order valence-corrected chi connectivity index (χ0v) is 10.6. The Hall–Kier alpha value is -2.19. The number of carboxylic acid groups (broad SMARTS) is 1. The van der Waals surface area contributed by atoms with Gasteiger partial charge in [0.1, 0.15) is 5.56 Å². The fourth-order valence-corrected chi connectivity index (χ4v) is 1.53. The van der Waals surface area contributed by atoms with Gasteiger partial charge in [0.15, 0.2) is 23.3 Å². The zero-order chi connectivity index (χ0) is 16.3. The number of hydrogen-bond acceptors (Lipinski definition) is 2. The van der Waals surface area contributed by atoms with E-state index in [4.69, 9.17) is 5.11 Å². The van der Waals surface area contributed by atoms with Crippen LogP contribution in [0.2, 0.25) is 0 Å². The van der Waals surface area contributed by atoms with Gasteiger partial charge in [-0.1, -0.05) is 6.92 Å². The predicted octanol–water partition coefficient (Wildman–Crippen LogP) is 2.22. The largest absolute Gasteiger partial charge is 0.481 e. The van der Waals surface area contributed by atoms with Gasteiger partial charge in [0, 0.05) is 13.0 Å². The van der Waals surface area contributed by atoms with Crippen LogP contribution in [0.15, 0.2) is 0 Å². The van der Waals surface area contributed by atoms with Crippen LogP contribution in [0.3, 0.4) is 0 Å². The molecule has 0 bridgehead atoms. The maximum absolute atomic E-state index is 13.3. The van der Waals surface area contributed by atoms with Gasteiger partial charge in [0.25, 0.3) is 5.91 Å². The van der Waals surface area contributed by atoms with Crippen molar-refractivity contribution in [1.29, 1.82) is 0 Å². The third kappa shape index (κ3) is 3.67. The van der Waals surface area contributed by atoms with Crippen LogP contribution in [0.1, 0.15) is 23.7 Å². The molecule has 0 spiro atoms. The molecule has 1 aromatic carbocycles. The number of benzene rings is 1. The number of hydrogen-bond donors (Lipinski definition) is 2. The Labute approximate surface area is 115 Å². The van der Waals surface area contributed by atoms with Crippen molar-refractivity contribution in [3.63, 3.8) is 0 Å². The van der Waals surface area contributed by atoms with E-state index in [-0.39, 0.29) is 13.0 Å². The van der Waals surface area contributed by atoms with Gasteiger partial charge in [-0.15, -0.1) is 0 Å². The molecule has 0 aromatic heterocycles. The van der Waals surface area contributed by atoms with E-state index in [0.29, 0.717) is 0 Å². The smallest absolute Gasteiger partial charge is 0.303 e. The fourth-order valence-electron chi connectivity index (χ4n) is 1.53. The summed E-state index contributed by atoms with van der Waals surface area (Å²) in [4.78, 5) is 21.9. The van der Waals surface area contributed by atoms with Gasteiger partial charge < -0.3 is 10.4 Å². The Morgan fingerprint density at radius 2 is 1.43 bits per heavy atom. The molecule has 0 saturated carbocycles. The second kappa shape index (κ2) is 6.51. The van der Waals surface area contributed by atoms with Gasteiger partial charge in [0.05, 0.1) is 0 Å². The van der Waals surface area contributed by atoms with Crippen LogP contribution in [0.4, 0.5) is 22.0 Å². The van der Waals surface area contributed by atoms with E-state index >= 15 is 0 Å². The molecule has 1 aromatic rings. The van der Waals surface area contributed by atoms with Crippen molar-refractivity contribution in [2.24, 2.45) is 5.92 Å². The number of halogens is 5. The van der Waals surface area contributed by atoms with E-state index in [0.717, 1.165) is 0 Å². The first kappa shape index (κ1) is 16.9. The van der Waals surface area contributed by atoms with Crippen molar-refractivity contribution in [2.75, 3.05) is 6.54 Å². The minimum Gasteiger partial charge on any atom is -0.481 e. The number of rotatable bonds is 5. The summed E-state index contributed by atoms with van der Waals surface area (Å²) in [6.07, 6.45) is -0.336. The lowest BCUT2D eigenvalue weighted by molar-refractivity contribution is -0.137. The first-order valence-corrected chi connectivity index (χ1v) is 5.68. The molecular formula is C12H10F5NO3. The average molecular weight is 311 g/mol. The maximum atomic E-state index is 13.3. The van der Waals surface area contributed by atoms with Crippen LogP contribution in [0, 0.1) is 35.0 Å². The van der Waals surface area contributed by atoms with Gasteiger partial charge in [-0.3, -0.25) is 9.59 Å². The molecule has 1 unspecified atom stereocenters. The van der Waals surface area contributed by atoms with Crippen LogP contribution in [0.25, 0.3) is 0 Å². The number of amides is 1. The van der Waals surface area contributed by atoms with Crippen LogP contribution in [0.5, 0.6) is 0 Å². The van der Waals surface area contributed by atoms with Crippen LogP contribution in [-0.2, 0) is 4.79 Å². The highest BCUT2D eigenvalue weighted by Gasteiger charge is 2.29. The molecule has 0 saturated heterocycles. The van der Waals surface area contributed by atoms with Gasteiger partial charge in [-0.2, -0.15) is 0 Å². The maximum Gasteiger partial charge on any atom is 0.303 e. The minimum absolute atomic E-state index is 0.301. The molecule has 116 valence electrons. The minimum atomic E-state index is -2.36. The Morgan fingerprint density at radius 3 is 1.86 bits per heavy atom. The molecule has 0 aliphatic carbocycles. The quantitative estimate of drug-likeness (QED) is 0.498. The van der Waals surface area contributed by atoms with Crippen LogP contribution >= 0.6 is 0 Å². The molecule has 1 amide bonds. The molecule has 9 heteroatoms. The number of carbonyl (C=O) groups excluding carboxylic acids is 1. The lowest BCUT2D eigenvalue weighted by Crippen LogP contribution is -2.31. The molecule has 0 fully saturated rings. The monoisotopic (exact) mass is 311 g/mol. The molecule has 0 aliphatic rings. The molecule has 21 heavy (non-hydrogen) atoms. The molecule has 0 radical (unpaired) electrons. The zero-order valence-electron chi connectivity index (χ0n) is 10.6. The van der Waals surface area contributed by atoms with Gasteiger partial charge in [-0.25, -0.2) is 22.0 Å². The van der Waals surface area contributed by atoms with Gasteiger partial charge in [0.2, 0.25) is 5.82 Å². The first-order chi connectivity index (χ1) is 9.66. The Balaban J connectivity index is 2.96. The molecule has 0 heterocycles. The van der Waals surface area contributed by atoms with E-state index in [1.807, 2.05) is 5.32 Å². The number of carbonyl (C=O) groups is 2. The molecule has 1 rings (SSSR count). The number of aliphatic carboxylic acids is 1. The summed E-state index contributed by atoms with van der Waals surface area (Å²) in [5.74, 6) is -14.6. The Kier molecular flexibility index (Phi) is 5.23. The van der Waals surface area contributed by atoms with E-state index in [1.54, 1.807) is 0 Å². The summed E-state index contributed by atoms with van der Waals surface area (Å²) in [5.41, 5.74) is -1.60. The molecule has 4 nitrogen and oxygen atoms in total. The standard InChI is InChI=1S/C12H10F5NO3/c1-4(2-5(19)20)3-18-12(21)6-7(13)9(15)11(17)10(16)8(6)14/h4H,2-3H2,1H3,(H,18,21)(H,19,20). The van der Waals surface area contributed by atoms with Crippen molar-refractivity contribution in [3.8, 4) is 0 Å². The lowest BCUT2D eigenvalue weighted by Gasteiger charge is -2.12. The third-order valence-corrected chi connectivity index (χ3v) is 2.57. The SMILES string of the molecule is CC(CNC(=O)c1c(F)c(F)c(F)c(F)c1F)CC(=O)O. The normalized spacial score (nSPS) is 12.1. The summed E-state index contributed by atoms with van der Waals surface area (Å²) >= 11 is 0.